The zero-order chi connectivity index (χ0) is 11.1. The monoisotopic (exact) mass is 227 g/mol. The van der Waals surface area contributed by atoms with Gasteiger partial charge in [0.15, 0.2) is 0 Å². The number of nitrogens with one attached hydrogen (secondary N) is 1. The van der Waals surface area contributed by atoms with E-state index in [1.165, 1.54) is 0 Å². The number of amides is 1. The minimum absolute atomic E-state index is 0.217. The summed E-state index contributed by atoms with van der Waals surface area (Å²) in [4.78, 5) is 14.8. The van der Waals surface area contributed by atoms with Crippen LogP contribution in [-0.4, -0.2) is 17.4 Å². The third kappa shape index (κ3) is 5.49. The van der Waals surface area contributed by atoms with Crippen LogP contribution in [-0.2, 0) is 11.3 Å². The van der Waals surface area contributed by atoms with E-state index in [1.807, 2.05) is 6.92 Å². The number of aromatic nitrogens is 1. The Morgan fingerprint density at radius 2 is 2.40 bits per heavy atom. The quantitative estimate of drug-likeness (QED) is 0.688. The summed E-state index contributed by atoms with van der Waals surface area (Å²) >= 11 is 1.66. The fraction of sp³-hybridized carbons (Fsp3) is 0.600. The Morgan fingerprint density at radius 1 is 1.60 bits per heavy atom. The number of unbranched alkanes of at least 4 members (excludes halogenated alkanes) is 1. The summed E-state index contributed by atoms with van der Waals surface area (Å²) in [7, 11) is 0. The zero-order valence-electron chi connectivity index (χ0n) is 8.95. The van der Waals surface area contributed by atoms with Gasteiger partial charge >= 0.3 is 0 Å². The minimum Gasteiger partial charge on any atom is -0.370 e. The number of nitrogens with two attached hydrogens (primary N) is 1. The molecule has 0 fully saturated rings. The summed E-state index contributed by atoms with van der Waals surface area (Å²) in [5.41, 5.74) is 6.12. The van der Waals surface area contributed by atoms with Crippen molar-refractivity contribution in [1.29, 1.82) is 0 Å². The molecule has 1 amide bonds. The lowest BCUT2D eigenvalue weighted by atomic mass is 10.2. The maximum Gasteiger partial charge on any atom is 0.217 e. The lowest BCUT2D eigenvalue weighted by Gasteiger charge is -2.01. The van der Waals surface area contributed by atoms with Crippen molar-refractivity contribution in [3.8, 4) is 0 Å². The number of aryl methyl sites for hydroxylation is 1. The van der Waals surface area contributed by atoms with Crippen LogP contribution in [0.4, 0.5) is 0 Å². The largest absolute Gasteiger partial charge is 0.370 e. The molecule has 4 nitrogen and oxygen atoms in total. The average molecular weight is 227 g/mol. The second-order valence-corrected chi connectivity index (χ2v) is 4.52. The van der Waals surface area contributed by atoms with Gasteiger partial charge in [-0.3, -0.25) is 4.79 Å². The van der Waals surface area contributed by atoms with E-state index >= 15 is 0 Å². The van der Waals surface area contributed by atoms with Gasteiger partial charge in [-0.2, -0.15) is 0 Å². The Labute approximate surface area is 93.9 Å². The van der Waals surface area contributed by atoms with Crippen molar-refractivity contribution in [2.24, 2.45) is 5.73 Å². The molecule has 0 radical (unpaired) electrons. The van der Waals surface area contributed by atoms with Crippen LogP contribution in [0.2, 0.25) is 0 Å². The molecule has 0 bridgehead atoms. The third-order valence-corrected chi connectivity index (χ3v) is 2.82. The smallest absolute Gasteiger partial charge is 0.217 e. The molecule has 0 aliphatic carbocycles. The van der Waals surface area contributed by atoms with Gasteiger partial charge in [0.25, 0.3) is 0 Å². The normalized spacial score (nSPS) is 10.5. The maximum absolute atomic E-state index is 10.4. The molecule has 1 rings (SSSR count). The summed E-state index contributed by atoms with van der Waals surface area (Å²) in [5, 5.41) is 6.44. The molecule has 1 aromatic rings. The van der Waals surface area contributed by atoms with Gasteiger partial charge in [-0.25, -0.2) is 4.98 Å². The first-order valence-corrected chi connectivity index (χ1v) is 5.96. The fourth-order valence-corrected chi connectivity index (χ4v) is 1.87. The summed E-state index contributed by atoms with van der Waals surface area (Å²) < 4.78 is 0. The number of rotatable bonds is 7. The molecule has 0 unspecified atom stereocenters. The molecule has 3 N–H and O–H groups in total. The average Bonchev–Trinajstić information content (AvgIpc) is 2.57. The zero-order valence-corrected chi connectivity index (χ0v) is 9.77. The summed E-state index contributed by atoms with van der Waals surface area (Å²) in [6.45, 7) is 3.71. The number of hydrogen-bond donors (Lipinski definition) is 2. The highest BCUT2D eigenvalue weighted by molar-refractivity contribution is 7.09. The van der Waals surface area contributed by atoms with E-state index in [0.717, 1.165) is 36.6 Å². The van der Waals surface area contributed by atoms with E-state index < -0.39 is 0 Å². The van der Waals surface area contributed by atoms with Crippen LogP contribution in [0.1, 0.15) is 30.0 Å². The number of nitrogens with zero attached hydrogens (tertiary/aromatic N) is 1. The van der Waals surface area contributed by atoms with Crippen LogP contribution >= 0.6 is 11.3 Å². The number of hydrogen-bond acceptors (Lipinski definition) is 4. The van der Waals surface area contributed by atoms with Crippen LogP contribution in [0, 0.1) is 6.92 Å². The predicted molar refractivity (Wildman–Crippen MR) is 61.6 cm³/mol. The van der Waals surface area contributed by atoms with E-state index in [4.69, 9.17) is 5.73 Å². The van der Waals surface area contributed by atoms with Gasteiger partial charge in [-0.1, -0.05) is 0 Å². The molecule has 15 heavy (non-hydrogen) atoms. The molecule has 5 heteroatoms. The first-order chi connectivity index (χ1) is 7.18. The van der Waals surface area contributed by atoms with E-state index in [-0.39, 0.29) is 5.91 Å². The number of thiazole rings is 1. The van der Waals surface area contributed by atoms with Crippen molar-refractivity contribution in [3.63, 3.8) is 0 Å². The van der Waals surface area contributed by atoms with Crippen molar-refractivity contribution in [2.75, 3.05) is 6.54 Å². The van der Waals surface area contributed by atoms with Crippen molar-refractivity contribution in [3.05, 3.63) is 16.1 Å². The standard InChI is InChI=1S/C10H17N3OS/c1-8-13-9(7-15-8)6-12-5-3-2-4-10(11)14/h7,12H,2-6H2,1H3,(H2,11,14). The Morgan fingerprint density at radius 3 is 3.00 bits per heavy atom. The molecule has 84 valence electrons. The van der Waals surface area contributed by atoms with Gasteiger partial charge in [-0.15, -0.1) is 11.3 Å². The molecule has 1 aromatic heterocycles. The Balaban J connectivity index is 2.00. The van der Waals surface area contributed by atoms with Crippen LogP contribution < -0.4 is 11.1 Å². The molecule has 0 aliphatic rings. The van der Waals surface area contributed by atoms with Crippen LogP contribution in [0.3, 0.4) is 0 Å². The molecule has 0 atom stereocenters. The topological polar surface area (TPSA) is 68.0 Å². The van der Waals surface area contributed by atoms with Gasteiger partial charge < -0.3 is 11.1 Å². The third-order valence-electron chi connectivity index (χ3n) is 2.00. The highest BCUT2D eigenvalue weighted by Gasteiger charge is 1.97. The first kappa shape index (κ1) is 12.1. The van der Waals surface area contributed by atoms with Crippen LogP contribution in [0.25, 0.3) is 0 Å². The lowest BCUT2D eigenvalue weighted by Crippen LogP contribution is -2.16. The number of primary amides is 1. The van der Waals surface area contributed by atoms with Gasteiger partial charge in [-0.05, 0) is 26.3 Å². The predicted octanol–water partition coefficient (Wildman–Crippen LogP) is 1.20. The van der Waals surface area contributed by atoms with Crippen molar-refractivity contribution < 1.29 is 4.79 Å². The number of carbonyl (C=O) groups excluding carboxylic acids is 1. The van der Waals surface area contributed by atoms with Gasteiger partial charge in [0, 0.05) is 18.3 Å². The summed E-state index contributed by atoms with van der Waals surface area (Å²) in [6, 6.07) is 0. The Kier molecular flexibility index (Phi) is 5.28. The SMILES string of the molecule is Cc1nc(CNCCCCC(N)=O)cs1. The highest BCUT2D eigenvalue weighted by Crippen LogP contribution is 2.07. The molecule has 0 spiro atoms. The van der Waals surface area contributed by atoms with E-state index in [1.54, 1.807) is 11.3 Å². The van der Waals surface area contributed by atoms with Crippen molar-refractivity contribution in [2.45, 2.75) is 32.7 Å². The fourth-order valence-electron chi connectivity index (χ4n) is 1.26. The minimum atomic E-state index is -0.217. The highest BCUT2D eigenvalue weighted by atomic mass is 32.1. The summed E-state index contributed by atoms with van der Waals surface area (Å²) in [6.07, 6.45) is 2.32. The summed E-state index contributed by atoms with van der Waals surface area (Å²) in [5.74, 6) is -0.217. The van der Waals surface area contributed by atoms with E-state index in [2.05, 4.69) is 15.7 Å². The molecule has 0 saturated heterocycles. The van der Waals surface area contributed by atoms with Crippen LogP contribution in [0.5, 0.6) is 0 Å². The van der Waals surface area contributed by atoms with Crippen molar-refractivity contribution >= 4 is 17.2 Å². The molecule has 0 saturated carbocycles. The Bertz CT molecular complexity index is 311. The molecular formula is C10H17N3OS. The number of carbonyl (C=O) groups is 1. The Hall–Kier alpha value is -0.940. The molecule has 0 aliphatic heterocycles. The maximum atomic E-state index is 10.4. The molecule has 0 aromatic carbocycles. The van der Waals surface area contributed by atoms with Gasteiger partial charge in [0.1, 0.15) is 0 Å². The second kappa shape index (κ2) is 6.53. The van der Waals surface area contributed by atoms with Gasteiger partial charge in [0.05, 0.1) is 10.7 Å². The van der Waals surface area contributed by atoms with Gasteiger partial charge in [0.2, 0.25) is 5.91 Å². The van der Waals surface area contributed by atoms with E-state index in [9.17, 15) is 4.79 Å². The van der Waals surface area contributed by atoms with Crippen LogP contribution in [0.15, 0.2) is 5.38 Å². The molecule has 1 heterocycles. The van der Waals surface area contributed by atoms with Crippen molar-refractivity contribution in [1.82, 2.24) is 10.3 Å². The lowest BCUT2D eigenvalue weighted by molar-refractivity contribution is -0.118. The van der Waals surface area contributed by atoms with E-state index in [0.29, 0.717) is 6.42 Å². The molecular weight excluding hydrogens is 210 g/mol. The first-order valence-electron chi connectivity index (χ1n) is 5.08. The second-order valence-electron chi connectivity index (χ2n) is 3.46.